The van der Waals surface area contributed by atoms with E-state index in [2.05, 4.69) is 21.0 Å². The van der Waals surface area contributed by atoms with E-state index in [1.165, 1.54) is 26.4 Å². The molecule has 0 aliphatic carbocycles. The van der Waals surface area contributed by atoms with Gasteiger partial charge in [-0.15, -0.1) is 0 Å². The number of hydrogen-bond acceptors (Lipinski definition) is 5. The van der Waals surface area contributed by atoms with Gasteiger partial charge in [-0.2, -0.15) is 5.10 Å². The largest absolute Gasteiger partial charge is 0.497 e. The molecule has 0 bridgehead atoms. The SMILES string of the molecule is COc1cc(OC)cc(C(=O)NNC(=O)c2n[nH]c3ccccc23)c1. The molecule has 2 amide bonds. The highest BCUT2D eigenvalue weighted by Crippen LogP contribution is 2.22. The molecule has 1 aromatic heterocycles. The lowest BCUT2D eigenvalue weighted by Crippen LogP contribution is -2.41. The number of para-hydroxylation sites is 1. The summed E-state index contributed by atoms with van der Waals surface area (Å²) in [7, 11) is 2.97. The highest BCUT2D eigenvalue weighted by molar-refractivity contribution is 6.05. The maximum absolute atomic E-state index is 12.3. The van der Waals surface area contributed by atoms with Crippen LogP contribution in [0.15, 0.2) is 42.5 Å². The first-order chi connectivity index (χ1) is 12.1. The number of methoxy groups -OCH3 is 2. The summed E-state index contributed by atoms with van der Waals surface area (Å²) in [6, 6.07) is 11.9. The lowest BCUT2D eigenvalue weighted by molar-refractivity contribution is 0.0844. The molecule has 3 aromatic rings. The predicted molar refractivity (Wildman–Crippen MR) is 90.6 cm³/mol. The van der Waals surface area contributed by atoms with Crippen molar-refractivity contribution in [1.82, 2.24) is 21.0 Å². The van der Waals surface area contributed by atoms with Gasteiger partial charge in [-0.25, -0.2) is 0 Å². The van der Waals surface area contributed by atoms with Crippen molar-refractivity contribution in [2.24, 2.45) is 0 Å². The Morgan fingerprint density at radius 1 is 0.960 bits per heavy atom. The van der Waals surface area contributed by atoms with Crippen molar-refractivity contribution in [3.8, 4) is 11.5 Å². The summed E-state index contributed by atoms with van der Waals surface area (Å²) in [5, 5.41) is 7.40. The number of carbonyl (C=O) groups excluding carboxylic acids is 2. The first-order valence-electron chi connectivity index (χ1n) is 7.39. The summed E-state index contributed by atoms with van der Waals surface area (Å²) in [6.07, 6.45) is 0. The van der Waals surface area contributed by atoms with Crippen molar-refractivity contribution in [3.05, 3.63) is 53.7 Å². The predicted octanol–water partition coefficient (Wildman–Crippen LogP) is 1.65. The number of benzene rings is 2. The van der Waals surface area contributed by atoms with Crippen LogP contribution < -0.4 is 20.3 Å². The van der Waals surface area contributed by atoms with Gasteiger partial charge in [0.05, 0.1) is 19.7 Å². The van der Waals surface area contributed by atoms with Crippen molar-refractivity contribution in [2.75, 3.05) is 14.2 Å². The molecular weight excluding hydrogens is 324 g/mol. The third kappa shape index (κ3) is 3.37. The molecule has 0 fully saturated rings. The maximum Gasteiger partial charge on any atom is 0.290 e. The van der Waals surface area contributed by atoms with Crippen LogP contribution in [-0.2, 0) is 0 Å². The van der Waals surface area contributed by atoms with Crippen LogP contribution in [0.1, 0.15) is 20.8 Å². The van der Waals surface area contributed by atoms with E-state index >= 15 is 0 Å². The Morgan fingerprint density at radius 3 is 2.28 bits per heavy atom. The first kappa shape index (κ1) is 16.3. The minimum absolute atomic E-state index is 0.194. The minimum Gasteiger partial charge on any atom is -0.497 e. The molecule has 25 heavy (non-hydrogen) atoms. The number of fused-ring (bicyclic) bond motifs is 1. The monoisotopic (exact) mass is 340 g/mol. The van der Waals surface area contributed by atoms with Gasteiger partial charge in [0.25, 0.3) is 11.8 Å². The minimum atomic E-state index is -0.527. The van der Waals surface area contributed by atoms with Crippen LogP contribution in [0.2, 0.25) is 0 Å². The molecule has 8 heteroatoms. The number of ether oxygens (including phenoxy) is 2. The highest BCUT2D eigenvalue weighted by atomic mass is 16.5. The van der Waals surface area contributed by atoms with Crippen LogP contribution in [0.4, 0.5) is 0 Å². The number of amides is 2. The average molecular weight is 340 g/mol. The van der Waals surface area contributed by atoms with E-state index in [-0.39, 0.29) is 11.3 Å². The zero-order chi connectivity index (χ0) is 17.8. The Labute approximate surface area is 143 Å². The van der Waals surface area contributed by atoms with Crippen molar-refractivity contribution in [3.63, 3.8) is 0 Å². The van der Waals surface area contributed by atoms with Crippen molar-refractivity contribution in [2.45, 2.75) is 0 Å². The average Bonchev–Trinajstić information content (AvgIpc) is 3.09. The second-order valence-corrected chi connectivity index (χ2v) is 5.13. The Hall–Kier alpha value is -3.55. The molecule has 3 rings (SSSR count). The highest BCUT2D eigenvalue weighted by Gasteiger charge is 2.15. The maximum atomic E-state index is 12.3. The van der Waals surface area contributed by atoms with Crippen LogP contribution in [0, 0.1) is 0 Å². The standard InChI is InChI=1S/C17H16N4O4/c1-24-11-7-10(8-12(9-11)25-2)16(22)20-21-17(23)15-13-5-3-4-6-14(13)18-19-15/h3-9H,1-2H3,(H,18,19)(H,20,22)(H,21,23). The van der Waals surface area contributed by atoms with E-state index in [1.807, 2.05) is 6.07 Å². The van der Waals surface area contributed by atoms with Gasteiger partial charge in [-0.05, 0) is 18.2 Å². The van der Waals surface area contributed by atoms with E-state index in [1.54, 1.807) is 24.3 Å². The zero-order valence-electron chi connectivity index (χ0n) is 13.6. The Kier molecular flexibility index (Phi) is 4.51. The molecule has 0 radical (unpaired) electrons. The van der Waals surface area contributed by atoms with Crippen molar-refractivity contribution < 1.29 is 19.1 Å². The topological polar surface area (TPSA) is 105 Å². The summed E-state index contributed by atoms with van der Waals surface area (Å²) >= 11 is 0. The number of aromatic amines is 1. The van der Waals surface area contributed by atoms with Crippen LogP contribution in [0.5, 0.6) is 11.5 Å². The summed E-state index contributed by atoms with van der Waals surface area (Å²) < 4.78 is 10.2. The number of rotatable bonds is 4. The Balaban J connectivity index is 1.73. The Bertz CT molecular complexity index is 913. The Morgan fingerprint density at radius 2 is 1.60 bits per heavy atom. The lowest BCUT2D eigenvalue weighted by atomic mass is 10.2. The number of nitrogens with one attached hydrogen (secondary N) is 3. The number of carbonyl (C=O) groups is 2. The van der Waals surface area contributed by atoms with E-state index in [9.17, 15) is 9.59 Å². The molecule has 0 atom stereocenters. The van der Waals surface area contributed by atoms with Gasteiger partial charge >= 0.3 is 0 Å². The third-order valence-electron chi connectivity index (χ3n) is 3.59. The van der Waals surface area contributed by atoms with E-state index in [0.717, 1.165) is 5.52 Å². The molecule has 1 heterocycles. The van der Waals surface area contributed by atoms with Crippen LogP contribution in [0.25, 0.3) is 10.9 Å². The van der Waals surface area contributed by atoms with Gasteiger partial charge in [0.1, 0.15) is 11.5 Å². The molecule has 8 nitrogen and oxygen atoms in total. The first-order valence-corrected chi connectivity index (χ1v) is 7.39. The molecule has 0 spiro atoms. The second-order valence-electron chi connectivity index (χ2n) is 5.13. The van der Waals surface area contributed by atoms with Crippen molar-refractivity contribution >= 4 is 22.7 Å². The zero-order valence-corrected chi connectivity index (χ0v) is 13.6. The summed E-state index contributed by atoms with van der Waals surface area (Å²) in [4.78, 5) is 24.5. The third-order valence-corrected chi connectivity index (χ3v) is 3.59. The number of hydrazine groups is 1. The second kappa shape index (κ2) is 6.91. The van der Waals surface area contributed by atoms with Crippen LogP contribution in [0.3, 0.4) is 0 Å². The molecule has 0 unspecified atom stereocenters. The lowest BCUT2D eigenvalue weighted by Gasteiger charge is -2.09. The molecule has 2 aromatic carbocycles. The number of aromatic nitrogens is 2. The molecule has 3 N–H and O–H groups in total. The fourth-order valence-corrected chi connectivity index (χ4v) is 2.32. The molecule has 0 aliphatic rings. The molecule has 0 aliphatic heterocycles. The normalized spacial score (nSPS) is 10.3. The quantitative estimate of drug-likeness (QED) is 0.626. The van der Waals surface area contributed by atoms with E-state index in [0.29, 0.717) is 16.9 Å². The van der Waals surface area contributed by atoms with Gasteiger partial charge < -0.3 is 9.47 Å². The fraction of sp³-hybridized carbons (Fsp3) is 0.118. The fourth-order valence-electron chi connectivity index (χ4n) is 2.32. The summed E-state index contributed by atoms with van der Waals surface area (Å²) in [5.41, 5.74) is 5.91. The molecule has 128 valence electrons. The van der Waals surface area contributed by atoms with Gasteiger partial charge in [-0.3, -0.25) is 25.5 Å². The van der Waals surface area contributed by atoms with Crippen LogP contribution in [-0.4, -0.2) is 36.2 Å². The number of nitrogens with zero attached hydrogens (tertiary/aromatic N) is 1. The molecule has 0 saturated heterocycles. The summed E-state index contributed by atoms with van der Waals surface area (Å²) in [5.74, 6) is -0.103. The van der Waals surface area contributed by atoms with Gasteiger partial charge in [0, 0.05) is 17.0 Å². The molecular formula is C17H16N4O4. The van der Waals surface area contributed by atoms with Crippen LogP contribution >= 0.6 is 0 Å². The summed E-state index contributed by atoms with van der Waals surface area (Å²) in [6.45, 7) is 0. The van der Waals surface area contributed by atoms with Gasteiger partial charge in [0.15, 0.2) is 5.69 Å². The number of hydrogen-bond donors (Lipinski definition) is 3. The smallest absolute Gasteiger partial charge is 0.290 e. The van der Waals surface area contributed by atoms with E-state index < -0.39 is 11.8 Å². The van der Waals surface area contributed by atoms with E-state index in [4.69, 9.17) is 9.47 Å². The molecule has 0 saturated carbocycles. The van der Waals surface area contributed by atoms with Gasteiger partial charge in [0.2, 0.25) is 0 Å². The van der Waals surface area contributed by atoms with Gasteiger partial charge in [-0.1, -0.05) is 18.2 Å². The van der Waals surface area contributed by atoms with Crippen molar-refractivity contribution in [1.29, 1.82) is 0 Å². The number of H-pyrrole nitrogens is 1.